The lowest BCUT2D eigenvalue weighted by atomic mass is 9.66. The van der Waals surface area contributed by atoms with Gasteiger partial charge in [0.2, 0.25) is 0 Å². The van der Waals surface area contributed by atoms with E-state index in [-0.39, 0.29) is 10.8 Å². The molecule has 1 nitrogen and oxygen atoms in total. The molecule has 1 fully saturated rings. The van der Waals surface area contributed by atoms with Crippen LogP contribution in [0.1, 0.15) is 26.7 Å². The standard InChI is InChI=1S/C12H16O/c1-4-6-11(2)9-5-7-12(11,3)10(13)8-9/h4-5,7,9H,1,6,8H2,2-3H3. The summed E-state index contributed by atoms with van der Waals surface area (Å²) < 4.78 is 0. The Balaban J connectivity index is 2.44. The number of allylic oxidation sites excluding steroid dienone is 3. The van der Waals surface area contributed by atoms with Gasteiger partial charge in [0.15, 0.2) is 0 Å². The van der Waals surface area contributed by atoms with Crippen molar-refractivity contribution >= 4 is 5.78 Å². The lowest BCUT2D eigenvalue weighted by Crippen LogP contribution is -2.34. The van der Waals surface area contributed by atoms with Crippen molar-refractivity contribution in [2.75, 3.05) is 0 Å². The maximum Gasteiger partial charge on any atom is 0.143 e. The molecule has 0 amide bonds. The fraction of sp³-hybridized carbons (Fsp3) is 0.583. The van der Waals surface area contributed by atoms with Gasteiger partial charge in [-0.25, -0.2) is 0 Å². The molecule has 2 bridgehead atoms. The highest BCUT2D eigenvalue weighted by atomic mass is 16.1. The highest BCUT2D eigenvalue weighted by molar-refractivity contribution is 5.92. The van der Waals surface area contributed by atoms with E-state index in [2.05, 4.69) is 32.6 Å². The van der Waals surface area contributed by atoms with Crippen LogP contribution in [-0.2, 0) is 4.79 Å². The number of hydrogen-bond acceptors (Lipinski definition) is 1. The van der Waals surface area contributed by atoms with Crippen molar-refractivity contribution in [3.63, 3.8) is 0 Å². The van der Waals surface area contributed by atoms with Gasteiger partial charge >= 0.3 is 0 Å². The molecule has 0 aromatic heterocycles. The third kappa shape index (κ3) is 0.800. The molecule has 0 heterocycles. The molecule has 0 radical (unpaired) electrons. The largest absolute Gasteiger partial charge is 0.299 e. The fourth-order valence-corrected chi connectivity index (χ4v) is 2.88. The summed E-state index contributed by atoms with van der Waals surface area (Å²) >= 11 is 0. The van der Waals surface area contributed by atoms with E-state index in [9.17, 15) is 4.79 Å². The number of carbonyl (C=O) groups excluding carboxylic acids is 1. The summed E-state index contributed by atoms with van der Waals surface area (Å²) in [4.78, 5) is 11.8. The average molecular weight is 176 g/mol. The minimum absolute atomic E-state index is 0.103. The van der Waals surface area contributed by atoms with Crippen molar-refractivity contribution in [1.82, 2.24) is 0 Å². The molecular weight excluding hydrogens is 160 g/mol. The zero-order chi connectivity index (χ0) is 9.69. The second-order valence-electron chi connectivity index (χ2n) is 4.71. The molecule has 0 aromatic rings. The van der Waals surface area contributed by atoms with Crippen LogP contribution in [0.3, 0.4) is 0 Å². The summed E-state index contributed by atoms with van der Waals surface area (Å²) in [5.74, 6) is 0.854. The summed E-state index contributed by atoms with van der Waals surface area (Å²) in [6.45, 7) is 8.07. The van der Waals surface area contributed by atoms with Crippen molar-refractivity contribution in [2.24, 2.45) is 16.7 Å². The quantitative estimate of drug-likeness (QED) is 0.591. The molecule has 2 aliphatic carbocycles. The highest BCUT2D eigenvalue weighted by Crippen LogP contribution is 2.61. The van der Waals surface area contributed by atoms with Crippen molar-refractivity contribution < 1.29 is 4.79 Å². The third-order valence-corrected chi connectivity index (χ3v) is 4.22. The summed E-state index contributed by atoms with van der Waals surface area (Å²) in [7, 11) is 0. The molecule has 0 spiro atoms. The van der Waals surface area contributed by atoms with Gasteiger partial charge < -0.3 is 0 Å². The summed E-state index contributed by atoms with van der Waals surface area (Å²) in [5, 5.41) is 0. The van der Waals surface area contributed by atoms with Crippen LogP contribution in [0.5, 0.6) is 0 Å². The smallest absolute Gasteiger partial charge is 0.143 e. The summed E-state index contributed by atoms with van der Waals surface area (Å²) in [6.07, 6.45) is 7.93. The van der Waals surface area contributed by atoms with Gasteiger partial charge in [0, 0.05) is 6.42 Å². The van der Waals surface area contributed by atoms with E-state index in [0.717, 1.165) is 12.8 Å². The predicted octanol–water partition coefficient (Wildman–Crippen LogP) is 2.73. The number of carbonyl (C=O) groups is 1. The molecule has 0 aliphatic heterocycles. The number of Topliss-reactive ketones (excluding diaryl/α,β-unsaturated/α-hetero) is 1. The van der Waals surface area contributed by atoms with E-state index >= 15 is 0 Å². The normalized spacial score (nSPS) is 47.2. The predicted molar refractivity (Wildman–Crippen MR) is 53.3 cm³/mol. The molecule has 1 heteroatoms. The zero-order valence-electron chi connectivity index (χ0n) is 8.34. The maximum atomic E-state index is 11.8. The van der Waals surface area contributed by atoms with Crippen molar-refractivity contribution in [2.45, 2.75) is 26.7 Å². The first-order valence-corrected chi connectivity index (χ1v) is 4.88. The summed E-state index contributed by atoms with van der Waals surface area (Å²) in [5.41, 5.74) is -0.113. The third-order valence-electron chi connectivity index (χ3n) is 4.22. The lowest BCUT2D eigenvalue weighted by molar-refractivity contribution is -0.125. The molecule has 13 heavy (non-hydrogen) atoms. The number of fused-ring (bicyclic) bond motifs is 2. The Hall–Kier alpha value is -0.850. The Bertz CT molecular complexity index is 302. The van der Waals surface area contributed by atoms with Gasteiger partial charge in [-0.1, -0.05) is 25.2 Å². The van der Waals surface area contributed by atoms with Crippen LogP contribution in [0.2, 0.25) is 0 Å². The van der Waals surface area contributed by atoms with Crippen LogP contribution >= 0.6 is 0 Å². The van der Waals surface area contributed by atoms with Crippen LogP contribution in [0.15, 0.2) is 24.8 Å². The Morgan fingerprint density at radius 1 is 1.69 bits per heavy atom. The van der Waals surface area contributed by atoms with Gasteiger partial charge in [-0.15, -0.1) is 6.58 Å². The minimum atomic E-state index is -0.216. The van der Waals surface area contributed by atoms with E-state index in [1.165, 1.54) is 0 Å². The molecule has 70 valence electrons. The van der Waals surface area contributed by atoms with E-state index < -0.39 is 0 Å². The first-order valence-electron chi connectivity index (χ1n) is 4.88. The molecule has 0 N–H and O–H groups in total. The Kier molecular flexibility index (Phi) is 1.57. The maximum absolute atomic E-state index is 11.8. The van der Waals surface area contributed by atoms with E-state index in [1.807, 2.05) is 6.08 Å². The Labute approximate surface area is 79.5 Å². The molecule has 3 unspecified atom stereocenters. The van der Waals surface area contributed by atoms with Crippen molar-refractivity contribution in [1.29, 1.82) is 0 Å². The first-order chi connectivity index (χ1) is 6.04. The number of ketones is 1. The zero-order valence-corrected chi connectivity index (χ0v) is 8.34. The van der Waals surface area contributed by atoms with Gasteiger partial charge in [0.1, 0.15) is 5.78 Å². The summed E-state index contributed by atoms with van der Waals surface area (Å²) in [6, 6.07) is 0. The topological polar surface area (TPSA) is 17.1 Å². The van der Waals surface area contributed by atoms with Gasteiger partial charge in [0.25, 0.3) is 0 Å². The molecule has 3 atom stereocenters. The minimum Gasteiger partial charge on any atom is -0.299 e. The van der Waals surface area contributed by atoms with Crippen molar-refractivity contribution in [3.05, 3.63) is 24.8 Å². The highest BCUT2D eigenvalue weighted by Gasteiger charge is 2.60. The first kappa shape index (κ1) is 8.74. The molecule has 0 aromatic carbocycles. The lowest BCUT2D eigenvalue weighted by Gasteiger charge is -2.35. The molecule has 2 aliphatic rings. The van der Waals surface area contributed by atoms with Crippen LogP contribution < -0.4 is 0 Å². The fourth-order valence-electron chi connectivity index (χ4n) is 2.88. The van der Waals surface area contributed by atoms with Crippen LogP contribution in [-0.4, -0.2) is 5.78 Å². The molecule has 2 rings (SSSR count). The Morgan fingerprint density at radius 2 is 2.38 bits per heavy atom. The van der Waals surface area contributed by atoms with E-state index in [0.29, 0.717) is 11.7 Å². The Morgan fingerprint density at radius 3 is 2.77 bits per heavy atom. The van der Waals surface area contributed by atoms with E-state index in [4.69, 9.17) is 0 Å². The van der Waals surface area contributed by atoms with Gasteiger partial charge in [-0.2, -0.15) is 0 Å². The van der Waals surface area contributed by atoms with Gasteiger partial charge in [0.05, 0.1) is 5.41 Å². The van der Waals surface area contributed by atoms with Crippen LogP contribution in [0.25, 0.3) is 0 Å². The SMILES string of the molecule is C=CCC1(C)C2C=CC1(C)C(=O)C2. The monoisotopic (exact) mass is 176 g/mol. The van der Waals surface area contributed by atoms with Crippen LogP contribution in [0.4, 0.5) is 0 Å². The van der Waals surface area contributed by atoms with Gasteiger partial charge in [-0.3, -0.25) is 4.79 Å². The van der Waals surface area contributed by atoms with Crippen LogP contribution in [0, 0.1) is 16.7 Å². The van der Waals surface area contributed by atoms with Crippen molar-refractivity contribution in [3.8, 4) is 0 Å². The second-order valence-corrected chi connectivity index (χ2v) is 4.71. The molecular formula is C12H16O. The molecule has 0 saturated heterocycles. The second kappa shape index (κ2) is 2.34. The van der Waals surface area contributed by atoms with Gasteiger partial charge in [-0.05, 0) is 24.7 Å². The van der Waals surface area contributed by atoms with E-state index in [1.54, 1.807) is 0 Å². The number of hydrogen-bond donors (Lipinski definition) is 0. The molecule has 1 saturated carbocycles. The average Bonchev–Trinajstić information content (AvgIpc) is 2.39. The number of rotatable bonds is 2.